The van der Waals surface area contributed by atoms with Crippen LogP contribution in [0.5, 0.6) is 0 Å². The minimum atomic E-state index is -3.53. The molecule has 0 aliphatic carbocycles. The first-order valence-corrected chi connectivity index (χ1v) is 7.54. The molecule has 0 aliphatic rings. The molecule has 96 valence electrons. The van der Waals surface area contributed by atoms with Gasteiger partial charge in [0.05, 0.1) is 4.90 Å². The average molecular weight is 322 g/mol. The van der Waals surface area contributed by atoms with E-state index in [1.54, 1.807) is 32.0 Å². The van der Waals surface area contributed by atoms with Crippen LogP contribution in [-0.4, -0.2) is 26.2 Å². The largest absolute Gasteiger partial charge is 0.396 e. The highest BCUT2D eigenvalue weighted by Gasteiger charge is 2.19. The van der Waals surface area contributed by atoms with Crippen LogP contribution < -0.4 is 4.72 Å². The van der Waals surface area contributed by atoms with Crippen molar-refractivity contribution in [2.45, 2.75) is 31.2 Å². The molecule has 17 heavy (non-hydrogen) atoms. The van der Waals surface area contributed by atoms with E-state index in [2.05, 4.69) is 20.7 Å². The van der Waals surface area contributed by atoms with Crippen LogP contribution in [0.1, 0.15) is 18.9 Å². The summed E-state index contributed by atoms with van der Waals surface area (Å²) in [7, 11) is -3.53. The molecule has 0 aliphatic heterocycles. The summed E-state index contributed by atoms with van der Waals surface area (Å²) in [5, 5.41) is 8.76. The van der Waals surface area contributed by atoms with E-state index in [1.165, 1.54) is 0 Å². The molecule has 1 rings (SSSR count). The van der Waals surface area contributed by atoms with Crippen molar-refractivity contribution in [3.05, 3.63) is 28.2 Å². The monoisotopic (exact) mass is 321 g/mol. The summed E-state index contributed by atoms with van der Waals surface area (Å²) < 4.78 is 27.4. The summed E-state index contributed by atoms with van der Waals surface area (Å²) >= 11 is 3.25. The van der Waals surface area contributed by atoms with Crippen molar-refractivity contribution in [2.24, 2.45) is 0 Å². The minimum absolute atomic E-state index is 0.0405. The zero-order valence-electron chi connectivity index (χ0n) is 9.77. The summed E-state index contributed by atoms with van der Waals surface area (Å²) in [5.41, 5.74) is 0.692. The van der Waals surface area contributed by atoms with E-state index in [0.717, 1.165) is 4.47 Å². The average Bonchev–Trinajstić information content (AvgIpc) is 2.21. The fourth-order valence-electron chi connectivity index (χ4n) is 1.44. The van der Waals surface area contributed by atoms with E-state index in [1.807, 2.05) is 0 Å². The Balaban J connectivity index is 3.01. The lowest BCUT2D eigenvalue weighted by atomic mass is 10.2. The number of nitrogens with one attached hydrogen (secondary N) is 1. The lowest BCUT2D eigenvalue weighted by molar-refractivity contribution is 0.275. The van der Waals surface area contributed by atoms with Gasteiger partial charge in [0.15, 0.2) is 0 Å². The van der Waals surface area contributed by atoms with Crippen LogP contribution in [0.2, 0.25) is 0 Å². The predicted octanol–water partition coefficient (Wildman–Crippen LogP) is 1.81. The Morgan fingerprint density at radius 3 is 2.71 bits per heavy atom. The molecule has 1 atom stereocenters. The number of aryl methyl sites for hydroxylation is 1. The molecule has 0 radical (unpaired) electrons. The van der Waals surface area contributed by atoms with Gasteiger partial charge in [0.25, 0.3) is 0 Å². The molecule has 0 fully saturated rings. The number of aliphatic hydroxyl groups is 1. The Hall–Kier alpha value is -0.430. The SMILES string of the molecule is Cc1ccc(Br)cc1S(=O)(=O)NC(C)CCO. The first-order valence-electron chi connectivity index (χ1n) is 5.26. The summed E-state index contributed by atoms with van der Waals surface area (Å²) in [4.78, 5) is 0.261. The molecule has 0 bridgehead atoms. The van der Waals surface area contributed by atoms with Crippen LogP contribution in [0.25, 0.3) is 0 Å². The van der Waals surface area contributed by atoms with E-state index in [0.29, 0.717) is 12.0 Å². The third kappa shape index (κ3) is 4.06. The number of halogens is 1. The Bertz CT molecular complexity index is 487. The molecule has 1 aromatic rings. The fourth-order valence-corrected chi connectivity index (χ4v) is 3.51. The van der Waals surface area contributed by atoms with Crippen molar-refractivity contribution in [2.75, 3.05) is 6.61 Å². The van der Waals surface area contributed by atoms with Crippen molar-refractivity contribution in [1.29, 1.82) is 0 Å². The van der Waals surface area contributed by atoms with Crippen LogP contribution in [-0.2, 0) is 10.0 Å². The summed E-state index contributed by atoms with van der Waals surface area (Å²) in [6.45, 7) is 3.43. The lowest BCUT2D eigenvalue weighted by Crippen LogP contribution is -2.33. The van der Waals surface area contributed by atoms with Gasteiger partial charge in [-0.2, -0.15) is 0 Å². The normalized spacial score (nSPS) is 13.6. The molecule has 0 saturated carbocycles. The number of aliphatic hydroxyl groups excluding tert-OH is 1. The molecule has 1 unspecified atom stereocenters. The molecular weight excluding hydrogens is 306 g/mol. The molecule has 6 heteroatoms. The Morgan fingerprint density at radius 2 is 2.12 bits per heavy atom. The predicted molar refractivity (Wildman–Crippen MR) is 70.4 cm³/mol. The first-order chi connectivity index (χ1) is 7.86. The van der Waals surface area contributed by atoms with E-state index in [-0.39, 0.29) is 17.5 Å². The van der Waals surface area contributed by atoms with Gasteiger partial charge in [-0.3, -0.25) is 0 Å². The van der Waals surface area contributed by atoms with Gasteiger partial charge in [-0.1, -0.05) is 22.0 Å². The number of hydrogen-bond acceptors (Lipinski definition) is 3. The van der Waals surface area contributed by atoms with Gasteiger partial charge in [0.2, 0.25) is 10.0 Å². The summed E-state index contributed by atoms with van der Waals surface area (Å²) in [6, 6.07) is 4.83. The lowest BCUT2D eigenvalue weighted by Gasteiger charge is -2.14. The molecule has 0 aromatic heterocycles. The van der Waals surface area contributed by atoms with Gasteiger partial charge in [-0.05, 0) is 38.0 Å². The zero-order chi connectivity index (χ0) is 13.1. The van der Waals surface area contributed by atoms with Gasteiger partial charge in [0.1, 0.15) is 0 Å². The number of benzene rings is 1. The molecule has 0 spiro atoms. The number of hydrogen-bond donors (Lipinski definition) is 2. The topological polar surface area (TPSA) is 66.4 Å². The summed E-state index contributed by atoms with van der Waals surface area (Å²) in [6.07, 6.45) is 0.395. The van der Waals surface area contributed by atoms with Crippen LogP contribution in [0.4, 0.5) is 0 Å². The van der Waals surface area contributed by atoms with Crippen LogP contribution in [0.15, 0.2) is 27.6 Å². The number of rotatable bonds is 5. The maximum absolute atomic E-state index is 12.1. The molecule has 1 aromatic carbocycles. The van der Waals surface area contributed by atoms with Crippen molar-refractivity contribution in [3.8, 4) is 0 Å². The minimum Gasteiger partial charge on any atom is -0.396 e. The molecule has 0 heterocycles. The van der Waals surface area contributed by atoms with E-state index in [9.17, 15) is 8.42 Å². The Labute approximate surface area is 110 Å². The first kappa shape index (κ1) is 14.6. The van der Waals surface area contributed by atoms with E-state index < -0.39 is 10.0 Å². The van der Waals surface area contributed by atoms with Gasteiger partial charge >= 0.3 is 0 Å². The smallest absolute Gasteiger partial charge is 0.241 e. The van der Waals surface area contributed by atoms with E-state index >= 15 is 0 Å². The second-order valence-electron chi connectivity index (χ2n) is 3.94. The van der Waals surface area contributed by atoms with Crippen LogP contribution in [0.3, 0.4) is 0 Å². The van der Waals surface area contributed by atoms with Crippen molar-refractivity contribution in [3.63, 3.8) is 0 Å². The third-order valence-electron chi connectivity index (χ3n) is 2.36. The second kappa shape index (κ2) is 5.95. The zero-order valence-corrected chi connectivity index (χ0v) is 12.2. The third-order valence-corrected chi connectivity index (χ3v) is 4.58. The second-order valence-corrected chi connectivity index (χ2v) is 6.54. The van der Waals surface area contributed by atoms with Gasteiger partial charge in [-0.25, -0.2) is 13.1 Å². The van der Waals surface area contributed by atoms with Crippen molar-refractivity contribution in [1.82, 2.24) is 4.72 Å². The standard InChI is InChI=1S/C11H16BrNO3S/c1-8-3-4-10(12)7-11(8)17(15,16)13-9(2)5-6-14/h3-4,7,9,13-14H,5-6H2,1-2H3. The Morgan fingerprint density at radius 1 is 1.47 bits per heavy atom. The van der Waals surface area contributed by atoms with Crippen molar-refractivity contribution >= 4 is 26.0 Å². The molecule has 2 N–H and O–H groups in total. The highest BCUT2D eigenvalue weighted by molar-refractivity contribution is 9.10. The molecular formula is C11H16BrNO3S. The number of sulfonamides is 1. The van der Waals surface area contributed by atoms with Gasteiger partial charge in [-0.15, -0.1) is 0 Å². The maximum Gasteiger partial charge on any atom is 0.241 e. The maximum atomic E-state index is 12.1. The highest BCUT2D eigenvalue weighted by Crippen LogP contribution is 2.20. The van der Waals surface area contributed by atoms with Gasteiger partial charge in [0, 0.05) is 17.1 Å². The Kier molecular flexibility index (Phi) is 5.12. The quantitative estimate of drug-likeness (QED) is 0.869. The van der Waals surface area contributed by atoms with Gasteiger partial charge < -0.3 is 5.11 Å². The van der Waals surface area contributed by atoms with Crippen LogP contribution >= 0.6 is 15.9 Å². The van der Waals surface area contributed by atoms with Crippen LogP contribution in [0, 0.1) is 6.92 Å². The fraction of sp³-hybridized carbons (Fsp3) is 0.455. The summed E-state index contributed by atoms with van der Waals surface area (Å²) in [5.74, 6) is 0. The van der Waals surface area contributed by atoms with Crippen molar-refractivity contribution < 1.29 is 13.5 Å². The molecule has 0 saturated heterocycles. The molecule has 0 amide bonds. The highest BCUT2D eigenvalue weighted by atomic mass is 79.9. The molecule has 4 nitrogen and oxygen atoms in total. The van der Waals surface area contributed by atoms with E-state index in [4.69, 9.17) is 5.11 Å².